The van der Waals surface area contributed by atoms with E-state index < -0.39 is 5.82 Å². The van der Waals surface area contributed by atoms with E-state index >= 15 is 0 Å². The molecule has 100 valence electrons. The number of halogens is 1. The number of carbonyl (C=O) groups is 1. The number of amides is 1. The summed E-state index contributed by atoms with van der Waals surface area (Å²) < 4.78 is 13.2. The molecular weight excluding hydrogens is 231 g/mol. The van der Waals surface area contributed by atoms with Crippen molar-refractivity contribution in [1.29, 1.82) is 0 Å². The molecule has 0 bridgehead atoms. The van der Waals surface area contributed by atoms with Crippen LogP contribution < -0.4 is 11.1 Å². The first-order valence-electron chi connectivity index (χ1n) is 6.19. The summed E-state index contributed by atoms with van der Waals surface area (Å²) in [7, 11) is 0. The van der Waals surface area contributed by atoms with Crippen molar-refractivity contribution in [1.82, 2.24) is 5.32 Å². The molecule has 1 atom stereocenters. The van der Waals surface area contributed by atoms with E-state index in [0.29, 0.717) is 18.0 Å². The lowest BCUT2D eigenvalue weighted by atomic mass is 10.0. The van der Waals surface area contributed by atoms with Gasteiger partial charge in [-0.3, -0.25) is 4.79 Å². The molecule has 0 aliphatic rings. The minimum absolute atomic E-state index is 0.0661. The van der Waals surface area contributed by atoms with Crippen molar-refractivity contribution in [3.63, 3.8) is 0 Å². The van der Waals surface area contributed by atoms with Gasteiger partial charge in [-0.1, -0.05) is 13.8 Å². The molecule has 0 aliphatic carbocycles. The Hall–Kier alpha value is -1.42. The van der Waals surface area contributed by atoms with Crippen LogP contribution in [0.4, 0.5) is 4.39 Å². The van der Waals surface area contributed by atoms with Crippen molar-refractivity contribution in [2.24, 2.45) is 11.7 Å². The summed E-state index contributed by atoms with van der Waals surface area (Å²) >= 11 is 0. The molecular formula is C14H21FN2O. The van der Waals surface area contributed by atoms with Crippen LogP contribution in [0, 0.1) is 18.7 Å². The van der Waals surface area contributed by atoms with Crippen LogP contribution in [0.2, 0.25) is 0 Å². The van der Waals surface area contributed by atoms with E-state index in [1.807, 2.05) is 0 Å². The maximum absolute atomic E-state index is 13.2. The Morgan fingerprint density at radius 1 is 1.39 bits per heavy atom. The van der Waals surface area contributed by atoms with Crippen LogP contribution in [-0.2, 0) is 0 Å². The molecule has 0 saturated carbocycles. The number of nitrogens with one attached hydrogen (secondary N) is 1. The van der Waals surface area contributed by atoms with Gasteiger partial charge in [-0.2, -0.15) is 0 Å². The van der Waals surface area contributed by atoms with E-state index in [4.69, 9.17) is 5.73 Å². The van der Waals surface area contributed by atoms with Crippen LogP contribution in [0.25, 0.3) is 0 Å². The van der Waals surface area contributed by atoms with Crippen LogP contribution in [0.3, 0.4) is 0 Å². The molecule has 1 amide bonds. The minimum atomic E-state index is -0.397. The molecule has 0 radical (unpaired) electrons. The van der Waals surface area contributed by atoms with Crippen molar-refractivity contribution in [3.05, 3.63) is 35.1 Å². The Morgan fingerprint density at radius 2 is 2.06 bits per heavy atom. The molecule has 3 N–H and O–H groups in total. The lowest BCUT2D eigenvalue weighted by molar-refractivity contribution is 0.0949. The lowest BCUT2D eigenvalue weighted by Gasteiger charge is -2.15. The van der Waals surface area contributed by atoms with Crippen molar-refractivity contribution < 1.29 is 9.18 Å². The van der Waals surface area contributed by atoms with Gasteiger partial charge in [0, 0.05) is 18.2 Å². The zero-order valence-electron chi connectivity index (χ0n) is 11.2. The van der Waals surface area contributed by atoms with Crippen molar-refractivity contribution in [2.75, 3.05) is 6.54 Å². The average molecular weight is 252 g/mol. The van der Waals surface area contributed by atoms with E-state index in [1.54, 1.807) is 13.0 Å². The summed E-state index contributed by atoms with van der Waals surface area (Å²) in [6.07, 6.45) is 0.850. The Balaban J connectivity index is 2.55. The first-order valence-corrected chi connectivity index (χ1v) is 6.19. The summed E-state index contributed by atoms with van der Waals surface area (Å²) in [4.78, 5) is 11.8. The molecule has 0 fully saturated rings. The standard InChI is InChI=1S/C14H21FN2O/c1-9(2)4-13(16)8-17-14(18)11-5-10(3)6-12(15)7-11/h5-7,9,13H,4,8,16H2,1-3H3,(H,17,18). The molecule has 1 rings (SSSR count). The molecule has 0 saturated heterocycles. The summed E-state index contributed by atoms with van der Waals surface area (Å²) in [5.74, 6) is -0.184. The highest BCUT2D eigenvalue weighted by Crippen LogP contribution is 2.08. The third kappa shape index (κ3) is 4.84. The molecule has 3 nitrogen and oxygen atoms in total. The number of hydrogen-bond donors (Lipinski definition) is 2. The number of nitrogens with two attached hydrogens (primary N) is 1. The molecule has 1 unspecified atom stereocenters. The van der Waals surface area contributed by atoms with Crippen molar-refractivity contribution >= 4 is 5.91 Å². The predicted molar refractivity (Wildman–Crippen MR) is 70.9 cm³/mol. The second kappa shape index (κ2) is 6.50. The van der Waals surface area contributed by atoms with Crippen LogP contribution in [0.15, 0.2) is 18.2 Å². The molecule has 0 aromatic heterocycles. The van der Waals surface area contributed by atoms with Gasteiger partial charge < -0.3 is 11.1 Å². The zero-order valence-corrected chi connectivity index (χ0v) is 11.2. The van der Waals surface area contributed by atoms with Gasteiger partial charge in [0.2, 0.25) is 0 Å². The summed E-state index contributed by atoms with van der Waals surface area (Å²) in [5.41, 5.74) is 6.94. The largest absolute Gasteiger partial charge is 0.350 e. The normalized spacial score (nSPS) is 12.6. The highest BCUT2D eigenvalue weighted by atomic mass is 19.1. The molecule has 4 heteroatoms. The molecule has 0 heterocycles. The van der Waals surface area contributed by atoms with Crippen LogP contribution in [0.5, 0.6) is 0 Å². The van der Waals surface area contributed by atoms with E-state index in [9.17, 15) is 9.18 Å². The number of rotatable bonds is 5. The fourth-order valence-corrected chi connectivity index (χ4v) is 1.88. The first kappa shape index (κ1) is 14.6. The fraction of sp³-hybridized carbons (Fsp3) is 0.500. The summed E-state index contributed by atoms with van der Waals surface area (Å²) in [6.45, 7) is 6.33. The van der Waals surface area contributed by atoms with E-state index in [0.717, 1.165) is 12.0 Å². The SMILES string of the molecule is Cc1cc(F)cc(C(=O)NCC(N)CC(C)C)c1. The Labute approximate surface area is 108 Å². The van der Waals surface area contributed by atoms with Gasteiger partial charge in [0.1, 0.15) is 5.82 Å². The molecule has 1 aromatic rings. The van der Waals surface area contributed by atoms with Crippen molar-refractivity contribution in [3.8, 4) is 0 Å². The van der Waals surface area contributed by atoms with Gasteiger partial charge in [0.05, 0.1) is 0 Å². The topological polar surface area (TPSA) is 55.1 Å². The smallest absolute Gasteiger partial charge is 0.251 e. The third-order valence-electron chi connectivity index (χ3n) is 2.60. The van der Waals surface area contributed by atoms with E-state index in [1.165, 1.54) is 12.1 Å². The van der Waals surface area contributed by atoms with Crippen LogP contribution in [-0.4, -0.2) is 18.5 Å². The molecule has 18 heavy (non-hydrogen) atoms. The van der Waals surface area contributed by atoms with Gasteiger partial charge in [-0.15, -0.1) is 0 Å². The van der Waals surface area contributed by atoms with Gasteiger partial charge in [-0.05, 0) is 43.0 Å². The zero-order chi connectivity index (χ0) is 13.7. The lowest BCUT2D eigenvalue weighted by Crippen LogP contribution is -2.38. The highest BCUT2D eigenvalue weighted by molar-refractivity contribution is 5.94. The van der Waals surface area contributed by atoms with Crippen molar-refractivity contribution in [2.45, 2.75) is 33.2 Å². The maximum Gasteiger partial charge on any atom is 0.251 e. The number of hydrogen-bond acceptors (Lipinski definition) is 2. The van der Waals surface area contributed by atoms with Gasteiger partial charge in [-0.25, -0.2) is 4.39 Å². The fourth-order valence-electron chi connectivity index (χ4n) is 1.88. The van der Waals surface area contributed by atoms with Gasteiger partial charge in [0.25, 0.3) is 5.91 Å². The Bertz CT molecular complexity index is 398. The molecule has 1 aromatic carbocycles. The highest BCUT2D eigenvalue weighted by Gasteiger charge is 2.10. The van der Waals surface area contributed by atoms with Crippen LogP contribution in [0.1, 0.15) is 36.2 Å². The van der Waals surface area contributed by atoms with E-state index in [2.05, 4.69) is 19.2 Å². The molecule has 0 aliphatic heterocycles. The van der Waals surface area contributed by atoms with Gasteiger partial charge >= 0.3 is 0 Å². The second-order valence-corrected chi connectivity index (χ2v) is 5.12. The second-order valence-electron chi connectivity index (χ2n) is 5.12. The molecule has 0 spiro atoms. The van der Waals surface area contributed by atoms with Crippen LogP contribution >= 0.6 is 0 Å². The minimum Gasteiger partial charge on any atom is -0.350 e. The average Bonchev–Trinajstić information content (AvgIpc) is 2.23. The maximum atomic E-state index is 13.2. The summed E-state index contributed by atoms with van der Waals surface area (Å²) in [6, 6.07) is 4.22. The third-order valence-corrected chi connectivity index (χ3v) is 2.60. The Kier molecular flexibility index (Phi) is 5.28. The predicted octanol–water partition coefficient (Wildman–Crippen LogP) is 2.24. The Morgan fingerprint density at radius 3 is 2.61 bits per heavy atom. The quantitative estimate of drug-likeness (QED) is 0.844. The first-order chi connectivity index (χ1) is 8.38. The number of carbonyl (C=O) groups excluding carboxylic acids is 1. The van der Waals surface area contributed by atoms with Gasteiger partial charge in [0.15, 0.2) is 0 Å². The van der Waals surface area contributed by atoms with E-state index in [-0.39, 0.29) is 11.9 Å². The summed E-state index contributed by atoms with van der Waals surface area (Å²) in [5, 5.41) is 2.73. The monoisotopic (exact) mass is 252 g/mol. The number of benzene rings is 1. The number of aryl methyl sites for hydroxylation is 1.